The molecule has 0 saturated heterocycles. The van der Waals surface area contributed by atoms with Crippen LogP contribution in [0.4, 0.5) is 10.1 Å². The number of hydrogen-bond acceptors (Lipinski definition) is 4. The molecule has 8 heteroatoms. The van der Waals surface area contributed by atoms with Crippen molar-refractivity contribution in [3.8, 4) is 0 Å². The molecule has 5 rings (SSSR count). The SMILES string of the molecule is Cc1ccc2c(c1)n(Cc1cccc(F)c1)c(=O)c1nc(C(=O)Nc3ccc(C(C)C)cc3)nn12. The van der Waals surface area contributed by atoms with E-state index in [0.29, 0.717) is 28.2 Å². The Kier molecular flexibility index (Phi) is 5.64. The van der Waals surface area contributed by atoms with E-state index in [1.165, 1.54) is 21.2 Å². The number of nitrogens with one attached hydrogen (secondary N) is 1. The molecule has 0 radical (unpaired) electrons. The summed E-state index contributed by atoms with van der Waals surface area (Å²) in [7, 11) is 0. The molecule has 5 aromatic rings. The second-order valence-electron chi connectivity index (χ2n) is 8.92. The van der Waals surface area contributed by atoms with E-state index in [-0.39, 0.29) is 23.8 Å². The lowest BCUT2D eigenvalue weighted by atomic mass is 10.0. The van der Waals surface area contributed by atoms with Gasteiger partial charge in [0, 0.05) is 5.69 Å². The Hall–Kier alpha value is -4.33. The van der Waals surface area contributed by atoms with E-state index in [0.717, 1.165) is 11.1 Å². The normalized spacial score (nSPS) is 11.5. The number of aromatic nitrogens is 4. The molecule has 2 aromatic heterocycles. The molecule has 1 N–H and O–H groups in total. The van der Waals surface area contributed by atoms with Gasteiger partial charge in [-0.1, -0.05) is 44.2 Å². The topological polar surface area (TPSA) is 81.3 Å². The van der Waals surface area contributed by atoms with Gasteiger partial charge in [-0.25, -0.2) is 8.91 Å². The molecule has 0 fully saturated rings. The molecule has 0 bridgehead atoms. The predicted octanol–water partition coefficient (Wildman–Crippen LogP) is 4.92. The molecule has 0 aliphatic carbocycles. The van der Waals surface area contributed by atoms with Crippen molar-refractivity contribution in [3.63, 3.8) is 0 Å². The standard InChI is InChI=1S/C27H24FN5O2/c1-16(2)19-8-10-21(11-9-19)29-26(34)24-30-25-27(35)32(15-18-5-4-6-20(28)14-18)23-13-17(3)7-12-22(23)33(25)31-24/h4-14,16H,15H2,1-3H3,(H,29,34). The Morgan fingerprint density at radius 1 is 1.03 bits per heavy atom. The minimum atomic E-state index is -0.512. The first-order valence-corrected chi connectivity index (χ1v) is 11.4. The Labute approximate surface area is 200 Å². The van der Waals surface area contributed by atoms with E-state index in [2.05, 4.69) is 29.2 Å². The van der Waals surface area contributed by atoms with Gasteiger partial charge in [-0.05, 0) is 65.9 Å². The molecule has 0 atom stereocenters. The number of nitrogens with zero attached hydrogens (tertiary/aromatic N) is 4. The summed E-state index contributed by atoms with van der Waals surface area (Å²) < 4.78 is 16.7. The van der Waals surface area contributed by atoms with Crippen molar-refractivity contribution in [2.24, 2.45) is 0 Å². The molecule has 0 aliphatic heterocycles. The molecule has 1 amide bonds. The monoisotopic (exact) mass is 469 g/mol. The van der Waals surface area contributed by atoms with Crippen molar-refractivity contribution >= 4 is 28.3 Å². The highest BCUT2D eigenvalue weighted by Crippen LogP contribution is 2.19. The molecule has 176 valence electrons. The molecule has 0 aliphatic rings. The van der Waals surface area contributed by atoms with Crippen molar-refractivity contribution in [1.82, 2.24) is 19.2 Å². The second kappa shape index (κ2) is 8.79. The fourth-order valence-electron chi connectivity index (χ4n) is 4.09. The Morgan fingerprint density at radius 2 is 1.80 bits per heavy atom. The first-order valence-electron chi connectivity index (χ1n) is 11.4. The molecule has 35 heavy (non-hydrogen) atoms. The maximum atomic E-state index is 13.8. The molecule has 0 spiro atoms. The summed E-state index contributed by atoms with van der Waals surface area (Å²) in [6.45, 7) is 6.27. The molecule has 3 aromatic carbocycles. The lowest BCUT2D eigenvalue weighted by Gasteiger charge is -2.12. The maximum Gasteiger partial charge on any atom is 0.296 e. The van der Waals surface area contributed by atoms with Crippen molar-refractivity contribution < 1.29 is 9.18 Å². The van der Waals surface area contributed by atoms with Crippen molar-refractivity contribution in [2.45, 2.75) is 33.2 Å². The van der Waals surface area contributed by atoms with Crippen LogP contribution in [-0.2, 0) is 6.54 Å². The molecule has 0 unspecified atom stereocenters. The average molecular weight is 470 g/mol. The van der Waals surface area contributed by atoms with Crippen LogP contribution in [0.15, 0.2) is 71.5 Å². The van der Waals surface area contributed by atoms with E-state index in [1.807, 2.05) is 49.4 Å². The summed E-state index contributed by atoms with van der Waals surface area (Å²) in [4.78, 5) is 30.6. The highest BCUT2D eigenvalue weighted by atomic mass is 19.1. The van der Waals surface area contributed by atoms with Crippen LogP contribution in [0.1, 0.15) is 47.1 Å². The number of aryl methyl sites for hydroxylation is 1. The number of anilines is 1. The van der Waals surface area contributed by atoms with E-state index in [9.17, 15) is 14.0 Å². The first kappa shape index (κ1) is 22.5. The lowest BCUT2D eigenvalue weighted by Crippen LogP contribution is -2.24. The van der Waals surface area contributed by atoms with Crippen LogP contribution in [0.25, 0.3) is 16.7 Å². The Morgan fingerprint density at radius 3 is 2.51 bits per heavy atom. The van der Waals surface area contributed by atoms with Gasteiger partial charge in [0.05, 0.1) is 17.6 Å². The van der Waals surface area contributed by atoms with Gasteiger partial charge in [0.1, 0.15) is 5.82 Å². The van der Waals surface area contributed by atoms with Gasteiger partial charge in [0.2, 0.25) is 11.5 Å². The van der Waals surface area contributed by atoms with Gasteiger partial charge >= 0.3 is 0 Å². The largest absolute Gasteiger partial charge is 0.319 e. The van der Waals surface area contributed by atoms with Gasteiger partial charge in [-0.2, -0.15) is 4.98 Å². The average Bonchev–Trinajstić information content (AvgIpc) is 3.28. The number of benzene rings is 3. The van der Waals surface area contributed by atoms with Crippen molar-refractivity contribution in [1.29, 1.82) is 0 Å². The predicted molar refractivity (Wildman–Crippen MR) is 133 cm³/mol. The van der Waals surface area contributed by atoms with E-state index < -0.39 is 11.5 Å². The highest BCUT2D eigenvalue weighted by molar-refractivity contribution is 6.02. The van der Waals surface area contributed by atoms with Gasteiger partial charge in [0.25, 0.3) is 11.5 Å². The summed E-state index contributed by atoms with van der Waals surface area (Å²) in [6.07, 6.45) is 0. The first-order chi connectivity index (χ1) is 16.8. The smallest absolute Gasteiger partial charge is 0.296 e. The quantitative estimate of drug-likeness (QED) is 0.396. The highest BCUT2D eigenvalue weighted by Gasteiger charge is 2.20. The maximum absolute atomic E-state index is 13.8. The minimum absolute atomic E-state index is 0.0260. The molecule has 7 nitrogen and oxygen atoms in total. The summed E-state index contributed by atoms with van der Waals surface area (Å²) in [5.74, 6) is -0.617. The number of fused-ring (bicyclic) bond motifs is 3. The summed E-state index contributed by atoms with van der Waals surface area (Å²) in [5, 5.41) is 7.15. The zero-order valence-electron chi connectivity index (χ0n) is 19.6. The van der Waals surface area contributed by atoms with Crippen LogP contribution in [0.5, 0.6) is 0 Å². The number of carbonyl (C=O) groups excluding carboxylic acids is 1. The van der Waals surface area contributed by atoms with E-state index in [4.69, 9.17) is 0 Å². The lowest BCUT2D eigenvalue weighted by molar-refractivity contribution is 0.101. The van der Waals surface area contributed by atoms with Crippen LogP contribution in [-0.4, -0.2) is 25.1 Å². The van der Waals surface area contributed by atoms with E-state index >= 15 is 0 Å². The van der Waals surface area contributed by atoms with Crippen LogP contribution < -0.4 is 10.9 Å². The molecule has 0 saturated carbocycles. The Bertz CT molecular complexity index is 1630. The van der Waals surface area contributed by atoms with Crippen molar-refractivity contribution in [3.05, 3.63) is 105 Å². The molecular formula is C27H24FN5O2. The third kappa shape index (κ3) is 4.30. The number of hydrogen-bond donors (Lipinski definition) is 1. The zero-order chi connectivity index (χ0) is 24.7. The Balaban J connectivity index is 1.58. The van der Waals surface area contributed by atoms with Gasteiger partial charge < -0.3 is 5.32 Å². The molecule has 2 heterocycles. The zero-order valence-corrected chi connectivity index (χ0v) is 19.6. The van der Waals surface area contributed by atoms with Gasteiger partial charge in [-0.15, -0.1) is 5.10 Å². The number of carbonyl (C=O) groups is 1. The molecular weight excluding hydrogens is 445 g/mol. The minimum Gasteiger partial charge on any atom is -0.319 e. The van der Waals surface area contributed by atoms with Gasteiger partial charge in [-0.3, -0.25) is 14.2 Å². The third-order valence-electron chi connectivity index (χ3n) is 5.96. The number of halogens is 1. The van der Waals surface area contributed by atoms with Gasteiger partial charge in [0.15, 0.2) is 0 Å². The van der Waals surface area contributed by atoms with Crippen LogP contribution in [0.2, 0.25) is 0 Å². The summed E-state index contributed by atoms with van der Waals surface area (Å²) in [5.41, 5.74) is 4.21. The fourth-order valence-corrected chi connectivity index (χ4v) is 4.09. The fraction of sp³-hybridized carbons (Fsp3) is 0.185. The third-order valence-corrected chi connectivity index (χ3v) is 5.96. The summed E-state index contributed by atoms with van der Waals surface area (Å²) >= 11 is 0. The number of amides is 1. The van der Waals surface area contributed by atoms with Crippen LogP contribution in [0.3, 0.4) is 0 Å². The van der Waals surface area contributed by atoms with E-state index in [1.54, 1.807) is 12.1 Å². The van der Waals surface area contributed by atoms with Crippen molar-refractivity contribution in [2.75, 3.05) is 5.32 Å². The van der Waals surface area contributed by atoms with Crippen LogP contribution in [0, 0.1) is 12.7 Å². The summed E-state index contributed by atoms with van der Waals surface area (Å²) in [6, 6.07) is 19.3. The number of rotatable bonds is 5. The van der Waals surface area contributed by atoms with Crippen LogP contribution >= 0.6 is 0 Å². The second-order valence-corrected chi connectivity index (χ2v) is 8.92.